The Labute approximate surface area is 139 Å². The molecule has 4 nitrogen and oxygen atoms in total. The van der Waals surface area contributed by atoms with Gasteiger partial charge < -0.3 is 10.1 Å². The van der Waals surface area contributed by atoms with E-state index in [4.69, 9.17) is 4.74 Å². The second-order valence-electron chi connectivity index (χ2n) is 6.79. The molecule has 0 bridgehead atoms. The van der Waals surface area contributed by atoms with Gasteiger partial charge in [0.15, 0.2) is 9.84 Å². The lowest BCUT2D eigenvalue weighted by molar-refractivity contribution is 0.108. The lowest BCUT2D eigenvalue weighted by Gasteiger charge is -2.18. The third-order valence-corrected chi connectivity index (χ3v) is 7.40. The molecule has 128 valence electrons. The molecule has 2 atom stereocenters. The van der Waals surface area contributed by atoms with Crippen LogP contribution < -0.4 is 5.32 Å². The number of ether oxygens (including phenoxy) is 1. The minimum Gasteiger partial charge on any atom is -0.377 e. The molecule has 5 heteroatoms. The van der Waals surface area contributed by atoms with E-state index in [2.05, 4.69) is 12.2 Å². The SMILES string of the molecule is C[C@@H](NC[C@@H]1CCCO1)c1ccc(S(=O)(=O)C2CCCC2)cc1. The maximum absolute atomic E-state index is 12.6. The lowest BCUT2D eigenvalue weighted by atomic mass is 10.1. The molecule has 0 spiro atoms. The number of hydrogen-bond donors (Lipinski definition) is 1. The van der Waals surface area contributed by atoms with Crippen molar-refractivity contribution in [1.82, 2.24) is 5.32 Å². The van der Waals surface area contributed by atoms with Crippen molar-refractivity contribution >= 4 is 9.84 Å². The Bertz CT molecular complexity index is 600. The number of sulfone groups is 1. The third kappa shape index (κ3) is 3.95. The summed E-state index contributed by atoms with van der Waals surface area (Å²) in [4.78, 5) is 0.472. The molecule has 3 rings (SSSR count). The van der Waals surface area contributed by atoms with Gasteiger partial charge in [-0.15, -0.1) is 0 Å². The molecule has 23 heavy (non-hydrogen) atoms. The standard InChI is InChI=1S/C18H27NO3S/c1-14(19-13-16-5-4-12-22-16)15-8-10-18(11-9-15)23(20,21)17-6-2-3-7-17/h8-11,14,16-17,19H,2-7,12-13H2,1H3/t14-,16+/m1/s1. The van der Waals surface area contributed by atoms with Gasteiger partial charge in [0, 0.05) is 19.2 Å². The van der Waals surface area contributed by atoms with Crippen molar-refractivity contribution in [2.24, 2.45) is 0 Å². The van der Waals surface area contributed by atoms with Crippen LogP contribution in [0.15, 0.2) is 29.2 Å². The van der Waals surface area contributed by atoms with E-state index in [1.165, 1.54) is 0 Å². The van der Waals surface area contributed by atoms with Gasteiger partial charge >= 0.3 is 0 Å². The van der Waals surface area contributed by atoms with Gasteiger partial charge in [-0.25, -0.2) is 8.42 Å². The Kier molecular flexibility index (Phi) is 5.39. The fourth-order valence-electron chi connectivity index (χ4n) is 3.57. The van der Waals surface area contributed by atoms with Gasteiger partial charge in [0.2, 0.25) is 0 Å². The van der Waals surface area contributed by atoms with Crippen LogP contribution in [0.5, 0.6) is 0 Å². The van der Waals surface area contributed by atoms with Crippen molar-refractivity contribution in [3.05, 3.63) is 29.8 Å². The molecule has 2 fully saturated rings. The highest BCUT2D eigenvalue weighted by Crippen LogP contribution is 2.30. The van der Waals surface area contributed by atoms with Crippen LogP contribution in [0.3, 0.4) is 0 Å². The molecule has 1 heterocycles. The van der Waals surface area contributed by atoms with Gasteiger partial charge in [-0.1, -0.05) is 25.0 Å². The number of benzene rings is 1. The first-order chi connectivity index (χ1) is 11.1. The van der Waals surface area contributed by atoms with Crippen molar-refractivity contribution in [3.8, 4) is 0 Å². The zero-order valence-electron chi connectivity index (χ0n) is 13.8. The van der Waals surface area contributed by atoms with Crippen LogP contribution >= 0.6 is 0 Å². The Hall–Kier alpha value is -0.910. The molecule has 2 aliphatic rings. The fourth-order valence-corrected chi connectivity index (χ4v) is 5.42. The van der Waals surface area contributed by atoms with Crippen LogP contribution in [0.4, 0.5) is 0 Å². The summed E-state index contributed by atoms with van der Waals surface area (Å²) in [6.45, 7) is 3.83. The van der Waals surface area contributed by atoms with E-state index in [9.17, 15) is 8.42 Å². The van der Waals surface area contributed by atoms with E-state index in [1.54, 1.807) is 12.1 Å². The van der Waals surface area contributed by atoms with Crippen molar-refractivity contribution in [1.29, 1.82) is 0 Å². The maximum Gasteiger partial charge on any atom is 0.181 e. The molecular weight excluding hydrogens is 310 g/mol. The van der Waals surface area contributed by atoms with E-state index in [0.717, 1.165) is 57.2 Å². The molecule has 1 aliphatic carbocycles. The molecule has 0 aromatic heterocycles. The average molecular weight is 337 g/mol. The number of hydrogen-bond acceptors (Lipinski definition) is 4. The molecule has 0 amide bonds. The number of rotatable bonds is 6. The molecule has 1 aliphatic heterocycles. The maximum atomic E-state index is 12.6. The molecule has 1 aromatic carbocycles. The predicted octanol–water partition coefficient (Wildman–Crippen LogP) is 3.23. The summed E-state index contributed by atoms with van der Waals surface area (Å²) in [5.41, 5.74) is 1.12. The topological polar surface area (TPSA) is 55.4 Å². The highest BCUT2D eigenvalue weighted by Gasteiger charge is 2.30. The molecule has 1 N–H and O–H groups in total. The first-order valence-corrected chi connectivity index (χ1v) is 10.3. The first-order valence-electron chi connectivity index (χ1n) is 8.76. The summed E-state index contributed by atoms with van der Waals surface area (Å²) in [6.07, 6.45) is 6.28. The minimum absolute atomic E-state index is 0.177. The van der Waals surface area contributed by atoms with Gasteiger partial charge in [0.1, 0.15) is 0 Å². The summed E-state index contributed by atoms with van der Waals surface area (Å²) in [6, 6.07) is 7.62. The minimum atomic E-state index is -3.15. The summed E-state index contributed by atoms with van der Waals surface area (Å²) in [7, 11) is -3.15. The smallest absolute Gasteiger partial charge is 0.181 e. The van der Waals surface area contributed by atoms with Crippen molar-refractivity contribution in [3.63, 3.8) is 0 Å². The molecular formula is C18H27NO3S. The normalized spacial score (nSPS) is 24.1. The van der Waals surface area contributed by atoms with Crippen LogP contribution in [0, 0.1) is 0 Å². The highest BCUT2D eigenvalue weighted by atomic mass is 32.2. The Morgan fingerprint density at radius 2 is 1.83 bits per heavy atom. The molecule has 1 aromatic rings. The summed E-state index contributed by atoms with van der Waals surface area (Å²) in [5, 5.41) is 3.30. The Morgan fingerprint density at radius 3 is 2.43 bits per heavy atom. The Morgan fingerprint density at radius 1 is 1.13 bits per heavy atom. The van der Waals surface area contributed by atoms with E-state index >= 15 is 0 Å². The number of nitrogens with one attached hydrogen (secondary N) is 1. The van der Waals surface area contributed by atoms with Gasteiger partial charge in [0.05, 0.1) is 16.2 Å². The van der Waals surface area contributed by atoms with Crippen molar-refractivity contribution in [2.45, 2.75) is 67.7 Å². The van der Waals surface area contributed by atoms with Crippen molar-refractivity contribution in [2.75, 3.05) is 13.2 Å². The highest BCUT2D eigenvalue weighted by molar-refractivity contribution is 7.92. The summed E-state index contributed by atoms with van der Waals surface area (Å²) >= 11 is 0. The zero-order chi connectivity index (χ0) is 16.3. The summed E-state index contributed by atoms with van der Waals surface area (Å²) in [5.74, 6) is 0. The molecule has 1 saturated heterocycles. The Balaban J connectivity index is 1.61. The van der Waals surface area contributed by atoms with E-state index in [0.29, 0.717) is 11.0 Å². The van der Waals surface area contributed by atoms with Gasteiger partial charge in [-0.05, 0) is 50.3 Å². The predicted molar refractivity (Wildman–Crippen MR) is 91.3 cm³/mol. The van der Waals surface area contributed by atoms with E-state index < -0.39 is 9.84 Å². The average Bonchev–Trinajstić information content (AvgIpc) is 3.26. The second kappa shape index (κ2) is 7.32. The zero-order valence-corrected chi connectivity index (χ0v) is 14.6. The third-order valence-electron chi connectivity index (χ3n) is 5.13. The van der Waals surface area contributed by atoms with Crippen LogP contribution in [0.25, 0.3) is 0 Å². The second-order valence-corrected chi connectivity index (χ2v) is 9.01. The quantitative estimate of drug-likeness (QED) is 0.866. The lowest BCUT2D eigenvalue weighted by Crippen LogP contribution is -2.28. The van der Waals surface area contributed by atoms with Crippen LogP contribution in [0.2, 0.25) is 0 Å². The fraction of sp³-hybridized carbons (Fsp3) is 0.667. The largest absolute Gasteiger partial charge is 0.377 e. The van der Waals surface area contributed by atoms with Crippen molar-refractivity contribution < 1.29 is 13.2 Å². The van der Waals surface area contributed by atoms with E-state index in [1.807, 2.05) is 12.1 Å². The van der Waals surface area contributed by atoms with Gasteiger partial charge in [-0.3, -0.25) is 0 Å². The van der Waals surface area contributed by atoms with Crippen LogP contribution in [0.1, 0.15) is 57.1 Å². The first kappa shape index (κ1) is 16.9. The van der Waals surface area contributed by atoms with E-state index in [-0.39, 0.29) is 11.3 Å². The molecule has 1 saturated carbocycles. The summed E-state index contributed by atoms with van der Waals surface area (Å²) < 4.78 is 30.8. The molecule has 0 unspecified atom stereocenters. The van der Waals surface area contributed by atoms with Gasteiger partial charge in [0.25, 0.3) is 0 Å². The van der Waals surface area contributed by atoms with Gasteiger partial charge in [-0.2, -0.15) is 0 Å². The van der Waals surface area contributed by atoms with Crippen LogP contribution in [-0.2, 0) is 14.6 Å². The van der Waals surface area contributed by atoms with Crippen LogP contribution in [-0.4, -0.2) is 32.9 Å². The molecule has 0 radical (unpaired) electrons. The monoisotopic (exact) mass is 337 g/mol.